The number of sulfonamides is 1. The quantitative estimate of drug-likeness (QED) is 0.253. The molecule has 0 aliphatic heterocycles. The average Bonchev–Trinajstić information content (AvgIpc) is 3.19. The van der Waals surface area contributed by atoms with E-state index in [1.165, 1.54) is 47.7 Å². The summed E-state index contributed by atoms with van der Waals surface area (Å²) in [7, 11) is -3.81. The number of thioether (sulfide) groups is 1. The number of rotatable bonds is 7. The minimum Gasteiger partial charge on any atom is -0.325 e. The molecule has 1 amide bonds. The van der Waals surface area contributed by atoms with Gasteiger partial charge in [-0.2, -0.15) is 13.2 Å². The lowest BCUT2D eigenvalue weighted by Crippen LogP contribution is -2.14. The van der Waals surface area contributed by atoms with Gasteiger partial charge in [-0.3, -0.25) is 9.52 Å². The minimum absolute atomic E-state index is 0.0485. The molecular formula is C22H15ClF3N3O3S3. The van der Waals surface area contributed by atoms with Crippen molar-refractivity contribution < 1.29 is 26.4 Å². The Morgan fingerprint density at radius 2 is 1.77 bits per heavy atom. The lowest BCUT2D eigenvalue weighted by atomic mass is 10.2. The smallest absolute Gasteiger partial charge is 0.325 e. The fourth-order valence-electron chi connectivity index (χ4n) is 2.95. The molecule has 0 atom stereocenters. The van der Waals surface area contributed by atoms with Crippen molar-refractivity contribution in [1.29, 1.82) is 0 Å². The molecule has 0 saturated carbocycles. The fourth-order valence-corrected chi connectivity index (χ4v) is 6.04. The Labute approximate surface area is 211 Å². The first-order valence-corrected chi connectivity index (χ1v) is 13.4. The number of benzene rings is 3. The van der Waals surface area contributed by atoms with Gasteiger partial charge in [-0.15, -0.1) is 11.3 Å². The van der Waals surface area contributed by atoms with Crippen molar-refractivity contribution in [3.05, 3.63) is 77.3 Å². The van der Waals surface area contributed by atoms with Crippen molar-refractivity contribution in [3.63, 3.8) is 0 Å². The zero-order chi connectivity index (χ0) is 25.2. The number of hydrogen-bond donors (Lipinski definition) is 2. The Kier molecular flexibility index (Phi) is 7.27. The second kappa shape index (κ2) is 10.1. The van der Waals surface area contributed by atoms with Crippen molar-refractivity contribution in [3.8, 4) is 0 Å². The second-order valence-corrected chi connectivity index (χ2v) is 11.5. The van der Waals surface area contributed by atoms with Crippen molar-refractivity contribution in [2.75, 3.05) is 15.8 Å². The SMILES string of the molecule is O=C(CSc1nc2ccc(NS(=O)(=O)c3ccc(Cl)cc3)cc2s1)Nc1cccc(C(F)(F)F)c1. The predicted octanol–water partition coefficient (Wildman–Crippen LogP) is 6.50. The summed E-state index contributed by atoms with van der Waals surface area (Å²) in [5.41, 5.74) is 0.157. The number of nitrogens with zero attached hydrogens (tertiary/aromatic N) is 1. The van der Waals surface area contributed by atoms with Crippen LogP contribution in [0.2, 0.25) is 5.02 Å². The molecule has 3 aromatic carbocycles. The lowest BCUT2D eigenvalue weighted by Gasteiger charge is -2.09. The van der Waals surface area contributed by atoms with Crippen molar-refractivity contribution in [1.82, 2.24) is 4.98 Å². The van der Waals surface area contributed by atoms with E-state index >= 15 is 0 Å². The summed E-state index contributed by atoms with van der Waals surface area (Å²) >= 11 is 8.19. The Morgan fingerprint density at radius 3 is 2.49 bits per heavy atom. The Hall–Kier alpha value is -2.80. The van der Waals surface area contributed by atoms with Gasteiger partial charge in [-0.25, -0.2) is 13.4 Å². The van der Waals surface area contributed by atoms with Crippen LogP contribution in [0.25, 0.3) is 10.2 Å². The van der Waals surface area contributed by atoms with Crippen LogP contribution in [0, 0.1) is 0 Å². The average molecular weight is 558 g/mol. The number of carbonyl (C=O) groups excluding carboxylic acids is 1. The summed E-state index contributed by atoms with van der Waals surface area (Å²) in [6, 6.07) is 15.0. The molecule has 182 valence electrons. The van der Waals surface area contributed by atoms with Gasteiger partial charge in [0, 0.05) is 10.7 Å². The van der Waals surface area contributed by atoms with Gasteiger partial charge in [0.25, 0.3) is 10.0 Å². The van der Waals surface area contributed by atoms with Crippen LogP contribution in [0.1, 0.15) is 5.56 Å². The molecular weight excluding hydrogens is 543 g/mol. The first kappa shape index (κ1) is 25.3. The summed E-state index contributed by atoms with van der Waals surface area (Å²) < 4.78 is 67.4. The molecule has 0 aliphatic rings. The molecule has 13 heteroatoms. The Bertz CT molecular complexity index is 1490. The van der Waals surface area contributed by atoms with Crippen LogP contribution in [0.4, 0.5) is 24.5 Å². The van der Waals surface area contributed by atoms with E-state index in [9.17, 15) is 26.4 Å². The van der Waals surface area contributed by atoms with Gasteiger partial charge in [0.2, 0.25) is 5.91 Å². The molecule has 0 saturated heterocycles. The normalized spacial score (nSPS) is 12.0. The molecule has 0 unspecified atom stereocenters. The highest BCUT2D eigenvalue weighted by atomic mass is 35.5. The van der Waals surface area contributed by atoms with Crippen LogP contribution in [0.3, 0.4) is 0 Å². The van der Waals surface area contributed by atoms with Crippen LogP contribution >= 0.6 is 34.7 Å². The number of alkyl halides is 3. The molecule has 0 radical (unpaired) electrons. The van der Waals surface area contributed by atoms with Crippen LogP contribution in [-0.2, 0) is 21.0 Å². The molecule has 35 heavy (non-hydrogen) atoms. The van der Waals surface area contributed by atoms with Crippen LogP contribution in [-0.4, -0.2) is 25.1 Å². The first-order chi connectivity index (χ1) is 16.5. The molecule has 6 nitrogen and oxygen atoms in total. The van der Waals surface area contributed by atoms with Crippen LogP contribution in [0.15, 0.2) is 76.0 Å². The zero-order valence-corrected chi connectivity index (χ0v) is 20.7. The molecule has 1 aromatic heterocycles. The summed E-state index contributed by atoms with van der Waals surface area (Å²) in [6.07, 6.45) is -4.50. The molecule has 0 aliphatic carbocycles. The van der Waals surface area contributed by atoms with E-state index in [4.69, 9.17) is 11.6 Å². The summed E-state index contributed by atoms with van der Waals surface area (Å²) in [5, 5.41) is 2.86. The molecule has 4 rings (SSSR count). The van der Waals surface area contributed by atoms with Gasteiger partial charge in [-0.05, 0) is 60.7 Å². The number of anilines is 2. The highest BCUT2D eigenvalue weighted by molar-refractivity contribution is 8.01. The van der Waals surface area contributed by atoms with Crippen molar-refractivity contribution in [2.24, 2.45) is 0 Å². The molecule has 1 heterocycles. The number of nitrogens with one attached hydrogen (secondary N) is 2. The molecule has 0 fully saturated rings. The maximum absolute atomic E-state index is 12.8. The number of carbonyl (C=O) groups is 1. The summed E-state index contributed by atoms with van der Waals surface area (Å²) in [4.78, 5) is 16.7. The standard InChI is InChI=1S/C22H15ClF3N3O3S3/c23-14-4-7-17(8-5-14)35(31,32)29-16-6-9-18-19(11-16)34-21(28-18)33-12-20(30)27-15-3-1-2-13(10-15)22(24,25)26/h1-11,29H,12H2,(H,27,30). The van der Waals surface area contributed by atoms with E-state index < -0.39 is 27.7 Å². The zero-order valence-electron chi connectivity index (χ0n) is 17.5. The largest absolute Gasteiger partial charge is 0.416 e. The number of thiazole rings is 1. The fraction of sp³-hybridized carbons (Fsp3) is 0.0909. The summed E-state index contributed by atoms with van der Waals surface area (Å²) in [6.45, 7) is 0. The van der Waals surface area contributed by atoms with Gasteiger partial charge < -0.3 is 5.32 Å². The minimum atomic E-state index is -4.50. The predicted molar refractivity (Wildman–Crippen MR) is 133 cm³/mol. The molecule has 0 spiro atoms. The number of fused-ring (bicyclic) bond motifs is 1. The van der Waals surface area contributed by atoms with E-state index in [0.717, 1.165) is 23.9 Å². The van der Waals surface area contributed by atoms with Gasteiger partial charge >= 0.3 is 6.18 Å². The first-order valence-electron chi connectivity index (χ1n) is 9.78. The van der Waals surface area contributed by atoms with Gasteiger partial charge in [-0.1, -0.05) is 29.4 Å². The molecule has 4 aromatic rings. The second-order valence-electron chi connectivity index (χ2n) is 7.14. The van der Waals surface area contributed by atoms with Gasteiger partial charge in [0.1, 0.15) is 0 Å². The maximum atomic E-state index is 12.8. The van der Waals surface area contributed by atoms with Crippen LogP contribution < -0.4 is 10.0 Å². The topological polar surface area (TPSA) is 88.2 Å². The molecule has 0 bridgehead atoms. The van der Waals surface area contributed by atoms with E-state index in [2.05, 4.69) is 15.0 Å². The third-order valence-corrected chi connectivity index (χ3v) is 8.36. The highest BCUT2D eigenvalue weighted by Crippen LogP contribution is 2.33. The number of amides is 1. The monoisotopic (exact) mass is 557 g/mol. The van der Waals surface area contributed by atoms with Crippen LogP contribution in [0.5, 0.6) is 0 Å². The Morgan fingerprint density at radius 1 is 1.03 bits per heavy atom. The van der Waals surface area contributed by atoms with Gasteiger partial charge in [0.05, 0.1) is 32.1 Å². The van der Waals surface area contributed by atoms with E-state index in [-0.39, 0.29) is 16.3 Å². The number of aromatic nitrogens is 1. The third kappa shape index (κ3) is 6.45. The summed E-state index contributed by atoms with van der Waals surface area (Å²) in [5.74, 6) is -0.545. The number of halogens is 4. The third-order valence-electron chi connectivity index (χ3n) is 4.55. The number of hydrogen-bond acceptors (Lipinski definition) is 6. The van der Waals surface area contributed by atoms with Crippen molar-refractivity contribution in [2.45, 2.75) is 15.4 Å². The lowest BCUT2D eigenvalue weighted by molar-refractivity contribution is -0.137. The molecule has 2 N–H and O–H groups in total. The maximum Gasteiger partial charge on any atom is 0.416 e. The van der Waals surface area contributed by atoms with Gasteiger partial charge in [0.15, 0.2) is 4.34 Å². The highest BCUT2D eigenvalue weighted by Gasteiger charge is 2.30. The Balaban J connectivity index is 1.40. The van der Waals surface area contributed by atoms with E-state index in [1.54, 1.807) is 18.2 Å². The van der Waals surface area contributed by atoms with Crippen molar-refractivity contribution >= 4 is 72.2 Å². The van der Waals surface area contributed by atoms with E-state index in [1.807, 2.05) is 0 Å². The van der Waals surface area contributed by atoms with E-state index in [0.29, 0.717) is 25.3 Å².